The Morgan fingerprint density at radius 2 is 1.46 bits per heavy atom. The molecule has 0 aliphatic rings. The summed E-state index contributed by atoms with van der Waals surface area (Å²) in [6.07, 6.45) is 14.7. The molecule has 0 amide bonds. The SMILES string of the molecule is C=C(CCCCCCCC(=O)OC)CCC(CCCCCC)OC(C)=O. The number of methoxy groups -OCH3 is 1. The molecule has 0 aliphatic heterocycles. The minimum Gasteiger partial charge on any atom is -0.469 e. The second-order valence-corrected chi connectivity index (χ2v) is 7.21. The van der Waals surface area contributed by atoms with E-state index in [1.165, 1.54) is 45.3 Å². The van der Waals surface area contributed by atoms with Crippen LogP contribution in [0.1, 0.15) is 104 Å². The molecule has 0 saturated heterocycles. The van der Waals surface area contributed by atoms with Crippen molar-refractivity contribution in [2.24, 2.45) is 0 Å². The van der Waals surface area contributed by atoms with E-state index >= 15 is 0 Å². The van der Waals surface area contributed by atoms with E-state index in [1.807, 2.05) is 0 Å². The topological polar surface area (TPSA) is 52.6 Å². The third-order valence-corrected chi connectivity index (χ3v) is 4.67. The Balaban J connectivity index is 3.77. The lowest BCUT2D eigenvalue weighted by Gasteiger charge is -2.17. The number of hydrogen-bond acceptors (Lipinski definition) is 4. The van der Waals surface area contributed by atoms with Gasteiger partial charge in [-0.05, 0) is 44.9 Å². The highest BCUT2D eigenvalue weighted by molar-refractivity contribution is 5.68. The van der Waals surface area contributed by atoms with Crippen molar-refractivity contribution in [2.75, 3.05) is 7.11 Å². The summed E-state index contributed by atoms with van der Waals surface area (Å²) < 4.78 is 10.1. The standard InChI is InChI=1S/C22H40O4/c1-5-6-7-12-15-21(26-20(3)23)18-17-19(2)14-11-9-8-10-13-16-22(24)25-4/h21H,2,5-18H2,1,3-4H3. The lowest BCUT2D eigenvalue weighted by Crippen LogP contribution is -2.16. The van der Waals surface area contributed by atoms with Crippen molar-refractivity contribution >= 4 is 11.9 Å². The second kappa shape index (κ2) is 17.1. The number of hydrogen-bond donors (Lipinski definition) is 0. The Morgan fingerprint density at radius 1 is 0.846 bits per heavy atom. The molecule has 26 heavy (non-hydrogen) atoms. The van der Waals surface area contributed by atoms with Crippen LogP contribution < -0.4 is 0 Å². The van der Waals surface area contributed by atoms with Crippen LogP contribution in [0.15, 0.2) is 12.2 Å². The first-order chi connectivity index (χ1) is 12.5. The molecule has 1 unspecified atom stereocenters. The summed E-state index contributed by atoms with van der Waals surface area (Å²) in [6.45, 7) is 7.88. The summed E-state index contributed by atoms with van der Waals surface area (Å²) in [5.41, 5.74) is 1.25. The van der Waals surface area contributed by atoms with Crippen LogP contribution in [0, 0.1) is 0 Å². The van der Waals surface area contributed by atoms with Crippen molar-refractivity contribution in [1.29, 1.82) is 0 Å². The molecule has 0 aromatic carbocycles. The molecule has 0 fully saturated rings. The van der Waals surface area contributed by atoms with Crippen LogP contribution in [0.4, 0.5) is 0 Å². The number of unbranched alkanes of at least 4 members (excludes halogenated alkanes) is 7. The molecule has 0 N–H and O–H groups in total. The largest absolute Gasteiger partial charge is 0.469 e. The van der Waals surface area contributed by atoms with Crippen LogP contribution >= 0.6 is 0 Å². The van der Waals surface area contributed by atoms with E-state index in [9.17, 15) is 9.59 Å². The van der Waals surface area contributed by atoms with Gasteiger partial charge in [-0.15, -0.1) is 0 Å². The molecule has 0 aromatic heterocycles. The lowest BCUT2D eigenvalue weighted by atomic mass is 9.99. The van der Waals surface area contributed by atoms with Crippen molar-refractivity contribution in [2.45, 2.75) is 110 Å². The molecule has 0 radical (unpaired) electrons. The predicted molar refractivity (Wildman–Crippen MR) is 107 cm³/mol. The highest BCUT2D eigenvalue weighted by Gasteiger charge is 2.12. The van der Waals surface area contributed by atoms with E-state index in [1.54, 1.807) is 0 Å². The average molecular weight is 369 g/mol. The summed E-state index contributed by atoms with van der Waals surface area (Å²) in [7, 11) is 1.44. The van der Waals surface area contributed by atoms with Crippen molar-refractivity contribution < 1.29 is 19.1 Å². The van der Waals surface area contributed by atoms with Gasteiger partial charge in [0.05, 0.1) is 7.11 Å². The highest BCUT2D eigenvalue weighted by atomic mass is 16.5. The quantitative estimate of drug-likeness (QED) is 0.176. The summed E-state index contributed by atoms with van der Waals surface area (Å²) in [5, 5.41) is 0. The fourth-order valence-corrected chi connectivity index (χ4v) is 3.06. The van der Waals surface area contributed by atoms with Gasteiger partial charge >= 0.3 is 11.9 Å². The van der Waals surface area contributed by atoms with Gasteiger partial charge in [-0.1, -0.05) is 57.6 Å². The first-order valence-corrected chi connectivity index (χ1v) is 10.4. The van der Waals surface area contributed by atoms with Gasteiger partial charge in [-0.2, -0.15) is 0 Å². The van der Waals surface area contributed by atoms with Crippen molar-refractivity contribution in [3.05, 3.63) is 12.2 Å². The summed E-state index contributed by atoms with van der Waals surface area (Å²) >= 11 is 0. The third-order valence-electron chi connectivity index (χ3n) is 4.67. The number of rotatable bonds is 17. The minimum absolute atomic E-state index is 0.0411. The molecule has 0 bridgehead atoms. The summed E-state index contributed by atoms with van der Waals surface area (Å²) in [6, 6.07) is 0. The molecule has 152 valence electrons. The van der Waals surface area contributed by atoms with Crippen molar-refractivity contribution in [3.8, 4) is 0 Å². The van der Waals surface area contributed by atoms with E-state index in [-0.39, 0.29) is 18.0 Å². The second-order valence-electron chi connectivity index (χ2n) is 7.21. The zero-order valence-electron chi connectivity index (χ0n) is 17.3. The number of allylic oxidation sites excluding steroid dienone is 1. The van der Waals surface area contributed by atoms with Gasteiger partial charge in [0.1, 0.15) is 6.10 Å². The Bertz CT molecular complexity index is 390. The third kappa shape index (κ3) is 16.2. The van der Waals surface area contributed by atoms with E-state index in [0.29, 0.717) is 6.42 Å². The molecule has 4 heteroatoms. The summed E-state index contributed by atoms with van der Waals surface area (Å²) in [4.78, 5) is 22.3. The van der Waals surface area contributed by atoms with Gasteiger partial charge in [0.2, 0.25) is 0 Å². The highest BCUT2D eigenvalue weighted by Crippen LogP contribution is 2.19. The van der Waals surface area contributed by atoms with Gasteiger partial charge in [0, 0.05) is 13.3 Å². The van der Waals surface area contributed by atoms with Gasteiger partial charge in [-0.3, -0.25) is 9.59 Å². The lowest BCUT2D eigenvalue weighted by molar-refractivity contribution is -0.147. The average Bonchev–Trinajstić information content (AvgIpc) is 2.61. The van der Waals surface area contributed by atoms with E-state index in [2.05, 4.69) is 18.2 Å². The smallest absolute Gasteiger partial charge is 0.305 e. The molecule has 0 heterocycles. The van der Waals surface area contributed by atoms with E-state index in [4.69, 9.17) is 4.74 Å². The normalized spacial score (nSPS) is 11.8. The van der Waals surface area contributed by atoms with Crippen LogP contribution in [-0.4, -0.2) is 25.2 Å². The Morgan fingerprint density at radius 3 is 2.08 bits per heavy atom. The molecular weight excluding hydrogens is 328 g/mol. The van der Waals surface area contributed by atoms with Crippen LogP contribution in [0.5, 0.6) is 0 Å². The fourth-order valence-electron chi connectivity index (χ4n) is 3.06. The number of carbonyl (C=O) groups excluding carboxylic acids is 2. The Labute approximate surface area is 160 Å². The molecule has 4 nitrogen and oxygen atoms in total. The maximum atomic E-state index is 11.3. The van der Waals surface area contributed by atoms with E-state index < -0.39 is 0 Å². The predicted octanol–water partition coefficient (Wildman–Crippen LogP) is 6.13. The molecule has 0 rings (SSSR count). The van der Waals surface area contributed by atoms with Gasteiger partial charge in [-0.25, -0.2) is 0 Å². The molecular formula is C22H40O4. The van der Waals surface area contributed by atoms with E-state index in [0.717, 1.165) is 57.8 Å². The molecule has 0 saturated carbocycles. The number of carbonyl (C=O) groups is 2. The van der Waals surface area contributed by atoms with Crippen LogP contribution in [-0.2, 0) is 19.1 Å². The fraction of sp³-hybridized carbons (Fsp3) is 0.818. The van der Waals surface area contributed by atoms with Crippen molar-refractivity contribution in [3.63, 3.8) is 0 Å². The molecule has 0 spiro atoms. The molecule has 0 aromatic rings. The summed E-state index contributed by atoms with van der Waals surface area (Å²) in [5.74, 6) is -0.293. The number of ether oxygens (including phenoxy) is 2. The molecule has 0 aliphatic carbocycles. The first-order valence-electron chi connectivity index (χ1n) is 10.4. The molecule has 1 atom stereocenters. The van der Waals surface area contributed by atoms with Crippen molar-refractivity contribution in [1.82, 2.24) is 0 Å². The Kier molecular flexibility index (Phi) is 16.2. The monoisotopic (exact) mass is 368 g/mol. The minimum atomic E-state index is -0.178. The van der Waals surface area contributed by atoms with Crippen LogP contribution in [0.25, 0.3) is 0 Å². The van der Waals surface area contributed by atoms with Gasteiger partial charge < -0.3 is 9.47 Å². The zero-order valence-corrected chi connectivity index (χ0v) is 17.3. The van der Waals surface area contributed by atoms with Gasteiger partial charge in [0.25, 0.3) is 0 Å². The van der Waals surface area contributed by atoms with Gasteiger partial charge in [0.15, 0.2) is 0 Å². The maximum absolute atomic E-state index is 11.3. The zero-order chi connectivity index (χ0) is 19.6. The van der Waals surface area contributed by atoms with Crippen LogP contribution in [0.2, 0.25) is 0 Å². The number of esters is 2. The first kappa shape index (κ1) is 24.7. The van der Waals surface area contributed by atoms with Crippen LogP contribution in [0.3, 0.4) is 0 Å². The maximum Gasteiger partial charge on any atom is 0.305 e. The Hall–Kier alpha value is -1.32.